The molecular weight excluding hydrogens is 328 g/mol. The fourth-order valence-corrected chi connectivity index (χ4v) is 2.44. The van der Waals surface area contributed by atoms with Gasteiger partial charge in [-0.05, 0) is 32.1 Å². The van der Waals surface area contributed by atoms with E-state index in [1.807, 2.05) is 0 Å². The Hall–Kier alpha value is -1.58. The van der Waals surface area contributed by atoms with Crippen LogP contribution in [-0.2, 0) is 14.3 Å². The molecular formula is C22H40O4. The smallest absolute Gasteiger partial charge is 0.327 e. The summed E-state index contributed by atoms with van der Waals surface area (Å²) >= 11 is 0. The van der Waals surface area contributed by atoms with Gasteiger partial charge >= 0.3 is 11.9 Å². The number of ether oxygens (including phenoxy) is 1. The first-order valence-corrected chi connectivity index (χ1v) is 10.2. The average molecular weight is 369 g/mol. The summed E-state index contributed by atoms with van der Waals surface area (Å²) in [6.45, 7) is 5.23. The number of carbonyl (C=O) groups excluding carboxylic acids is 1. The molecule has 26 heavy (non-hydrogen) atoms. The van der Waals surface area contributed by atoms with E-state index >= 15 is 0 Å². The molecule has 0 aromatic rings. The van der Waals surface area contributed by atoms with E-state index in [9.17, 15) is 9.59 Å². The summed E-state index contributed by atoms with van der Waals surface area (Å²) in [6, 6.07) is 0. The van der Waals surface area contributed by atoms with Crippen LogP contribution >= 0.6 is 0 Å². The van der Waals surface area contributed by atoms with Crippen molar-refractivity contribution in [3.63, 3.8) is 0 Å². The highest BCUT2D eigenvalue weighted by molar-refractivity contribution is 5.78. The Bertz CT molecular complexity index is 361. The summed E-state index contributed by atoms with van der Waals surface area (Å²) in [4.78, 5) is 20.2. The first-order valence-electron chi connectivity index (χ1n) is 10.2. The van der Waals surface area contributed by atoms with Gasteiger partial charge in [-0.1, -0.05) is 77.0 Å². The van der Waals surface area contributed by atoms with Crippen LogP contribution in [0.2, 0.25) is 0 Å². The number of carboxylic acid groups (broad SMARTS) is 1. The topological polar surface area (TPSA) is 63.6 Å². The quantitative estimate of drug-likeness (QED) is 0.147. The number of methoxy groups -OCH3 is 1. The zero-order valence-corrected chi connectivity index (χ0v) is 17.0. The molecule has 0 heterocycles. The van der Waals surface area contributed by atoms with E-state index < -0.39 is 5.97 Å². The van der Waals surface area contributed by atoms with Crippen molar-refractivity contribution in [3.05, 3.63) is 24.8 Å². The molecule has 0 fully saturated rings. The lowest BCUT2D eigenvalue weighted by molar-refractivity contribution is -0.140. The van der Waals surface area contributed by atoms with Crippen LogP contribution in [0.1, 0.15) is 96.8 Å². The molecule has 0 radical (unpaired) electrons. The number of allylic oxidation sites excluding steroid dienone is 2. The van der Waals surface area contributed by atoms with Crippen LogP contribution in [0.15, 0.2) is 24.8 Å². The fraction of sp³-hybridized carbons (Fsp3) is 0.727. The third kappa shape index (κ3) is 27.3. The lowest BCUT2D eigenvalue weighted by Crippen LogP contribution is -1.98. The van der Waals surface area contributed by atoms with Gasteiger partial charge in [0.05, 0.1) is 7.11 Å². The van der Waals surface area contributed by atoms with Gasteiger partial charge < -0.3 is 9.84 Å². The van der Waals surface area contributed by atoms with Crippen molar-refractivity contribution in [2.45, 2.75) is 96.8 Å². The van der Waals surface area contributed by atoms with E-state index in [0.29, 0.717) is 6.42 Å². The van der Waals surface area contributed by atoms with Crippen molar-refractivity contribution in [3.8, 4) is 0 Å². The summed E-state index contributed by atoms with van der Waals surface area (Å²) < 4.78 is 4.62. The second-order valence-corrected chi connectivity index (χ2v) is 6.45. The van der Waals surface area contributed by atoms with Crippen molar-refractivity contribution >= 4 is 11.9 Å². The van der Waals surface area contributed by atoms with E-state index in [0.717, 1.165) is 18.9 Å². The number of carboxylic acids is 1. The Morgan fingerprint density at radius 2 is 1.27 bits per heavy atom. The Kier molecular flexibility index (Phi) is 24.0. The molecule has 0 aliphatic rings. The minimum atomic E-state index is -0.981. The molecule has 0 aliphatic carbocycles. The lowest BCUT2D eigenvalue weighted by atomic mass is 10.1. The number of carbonyl (C=O) groups is 2. The summed E-state index contributed by atoms with van der Waals surface area (Å²) in [5, 5.41) is 7.60. The van der Waals surface area contributed by atoms with Crippen LogP contribution in [0.5, 0.6) is 0 Å². The molecule has 0 aromatic heterocycles. The molecule has 0 atom stereocenters. The first kappa shape index (κ1) is 26.6. The highest BCUT2D eigenvalue weighted by Gasteiger charge is 1.98. The van der Waals surface area contributed by atoms with Gasteiger partial charge in [-0.3, -0.25) is 4.79 Å². The summed E-state index contributed by atoms with van der Waals surface area (Å²) in [6.07, 6.45) is 22.8. The maximum atomic E-state index is 10.9. The van der Waals surface area contributed by atoms with E-state index in [2.05, 4.69) is 30.4 Å². The Morgan fingerprint density at radius 1 is 0.846 bits per heavy atom. The summed E-state index contributed by atoms with van der Waals surface area (Å²) in [5.74, 6) is -1.06. The molecule has 0 unspecified atom stereocenters. The van der Waals surface area contributed by atoms with Crippen LogP contribution in [0.4, 0.5) is 0 Å². The Balaban J connectivity index is 0. The molecule has 0 saturated carbocycles. The van der Waals surface area contributed by atoms with Crippen molar-refractivity contribution in [1.29, 1.82) is 0 Å². The molecule has 152 valence electrons. The van der Waals surface area contributed by atoms with Crippen LogP contribution in [0.25, 0.3) is 0 Å². The van der Waals surface area contributed by atoms with Gasteiger partial charge in [0.1, 0.15) is 0 Å². The van der Waals surface area contributed by atoms with Crippen LogP contribution in [-0.4, -0.2) is 24.2 Å². The second kappa shape index (κ2) is 23.4. The number of hydrogen-bond acceptors (Lipinski definition) is 3. The van der Waals surface area contributed by atoms with Crippen molar-refractivity contribution in [2.75, 3.05) is 7.11 Å². The van der Waals surface area contributed by atoms with Gasteiger partial charge in [0.25, 0.3) is 0 Å². The van der Waals surface area contributed by atoms with E-state index in [-0.39, 0.29) is 5.97 Å². The largest absolute Gasteiger partial charge is 0.478 e. The second-order valence-electron chi connectivity index (χ2n) is 6.45. The average Bonchev–Trinajstić information content (AvgIpc) is 2.65. The number of hydrogen-bond donors (Lipinski definition) is 1. The number of unbranched alkanes of at least 4 members (excludes halogenated alkanes) is 11. The van der Waals surface area contributed by atoms with E-state index in [1.54, 1.807) is 0 Å². The van der Waals surface area contributed by atoms with Crippen LogP contribution < -0.4 is 0 Å². The van der Waals surface area contributed by atoms with Gasteiger partial charge in [0.2, 0.25) is 0 Å². The highest BCUT2D eigenvalue weighted by atomic mass is 16.5. The molecule has 4 nitrogen and oxygen atoms in total. The molecule has 0 aliphatic heterocycles. The van der Waals surface area contributed by atoms with Crippen molar-refractivity contribution in [1.82, 2.24) is 0 Å². The van der Waals surface area contributed by atoms with E-state index in [1.165, 1.54) is 77.7 Å². The maximum Gasteiger partial charge on any atom is 0.327 e. The van der Waals surface area contributed by atoms with Gasteiger partial charge in [-0.15, -0.1) is 0 Å². The monoisotopic (exact) mass is 368 g/mol. The molecule has 0 saturated heterocycles. The minimum absolute atomic E-state index is 0.0763. The first-order chi connectivity index (χ1) is 12.6. The zero-order chi connectivity index (χ0) is 19.9. The maximum absolute atomic E-state index is 10.9. The van der Waals surface area contributed by atoms with Gasteiger partial charge in [-0.2, -0.15) is 0 Å². The van der Waals surface area contributed by atoms with E-state index in [4.69, 9.17) is 5.11 Å². The Morgan fingerprint density at radius 3 is 1.69 bits per heavy atom. The van der Waals surface area contributed by atoms with Crippen molar-refractivity contribution < 1.29 is 19.4 Å². The van der Waals surface area contributed by atoms with Crippen molar-refractivity contribution in [2.24, 2.45) is 0 Å². The predicted molar refractivity (Wildman–Crippen MR) is 109 cm³/mol. The molecule has 0 rings (SSSR count). The molecule has 1 N–H and O–H groups in total. The fourth-order valence-electron chi connectivity index (χ4n) is 2.44. The predicted octanol–water partition coefficient (Wildman–Crippen LogP) is 6.45. The molecule has 0 bridgehead atoms. The standard InChI is InChI=1S/C19H36O2.C3H4O2/c1-3-4-5-6-7-8-9-10-11-12-13-14-15-16-17-18-19(20)21-2;1-2-3(4)5/h10-11H,3-9,12-18H2,1-2H3;2H,1H2,(H,4,5)/b11-10-;. The third-order valence-electron chi connectivity index (χ3n) is 4.04. The number of aliphatic carboxylic acids is 1. The summed E-state index contributed by atoms with van der Waals surface area (Å²) in [5.41, 5.74) is 0. The highest BCUT2D eigenvalue weighted by Crippen LogP contribution is 2.10. The van der Waals surface area contributed by atoms with Gasteiger partial charge in [0, 0.05) is 12.5 Å². The lowest BCUT2D eigenvalue weighted by Gasteiger charge is -2.00. The Labute approximate surface area is 160 Å². The van der Waals surface area contributed by atoms with Crippen LogP contribution in [0.3, 0.4) is 0 Å². The zero-order valence-electron chi connectivity index (χ0n) is 17.0. The van der Waals surface area contributed by atoms with Gasteiger partial charge in [-0.25, -0.2) is 4.79 Å². The normalized spacial score (nSPS) is 10.2. The number of rotatable bonds is 16. The van der Waals surface area contributed by atoms with Crippen LogP contribution in [0, 0.1) is 0 Å². The molecule has 0 spiro atoms. The number of esters is 1. The molecule has 0 aromatic carbocycles. The third-order valence-corrected chi connectivity index (χ3v) is 4.04. The molecule has 4 heteroatoms. The SMILES string of the molecule is C=CC(=O)O.CCCCCCCC/C=C\CCCCCCCC(=O)OC. The van der Waals surface area contributed by atoms with Gasteiger partial charge in [0.15, 0.2) is 0 Å². The minimum Gasteiger partial charge on any atom is -0.478 e. The molecule has 0 amide bonds. The summed E-state index contributed by atoms with van der Waals surface area (Å²) in [7, 11) is 1.46.